The van der Waals surface area contributed by atoms with E-state index in [1.165, 1.54) is 12.7 Å². The maximum absolute atomic E-state index is 12.6. The number of benzene rings is 1. The summed E-state index contributed by atoms with van der Waals surface area (Å²) < 4.78 is 10.5. The third-order valence-electron chi connectivity index (χ3n) is 7.80. The van der Waals surface area contributed by atoms with Crippen LogP contribution in [-0.4, -0.2) is 128 Å². The standard InChI is InChI=1S/C27H43N5O4/c1-23-26(31-20-18-28(19-21-31)11-6-10-25(33)35-2)36-27(34)32(23)13-7-12-29-14-16-30(17-15-29)22-24-8-4-3-5-9-24/h3-5,8-9,23,26H,6-7,10-22H2,1-2H3. The van der Waals surface area contributed by atoms with E-state index in [1.54, 1.807) is 0 Å². The van der Waals surface area contributed by atoms with Gasteiger partial charge in [-0.05, 0) is 38.4 Å². The first kappa shape index (κ1) is 26.9. The van der Waals surface area contributed by atoms with Gasteiger partial charge in [-0.3, -0.25) is 14.6 Å². The van der Waals surface area contributed by atoms with Crippen molar-refractivity contribution in [1.82, 2.24) is 24.5 Å². The lowest BCUT2D eigenvalue weighted by atomic mass is 10.2. The summed E-state index contributed by atoms with van der Waals surface area (Å²) in [5.41, 5.74) is 1.38. The zero-order valence-corrected chi connectivity index (χ0v) is 22.0. The second-order valence-electron chi connectivity index (χ2n) is 10.2. The summed E-state index contributed by atoms with van der Waals surface area (Å²) in [6, 6.07) is 10.7. The number of ether oxygens (including phenoxy) is 2. The molecule has 0 spiro atoms. The molecule has 2 unspecified atom stereocenters. The average molecular weight is 502 g/mol. The van der Waals surface area contributed by atoms with Crippen LogP contribution in [0.3, 0.4) is 0 Å². The van der Waals surface area contributed by atoms with Crippen LogP contribution in [0.1, 0.15) is 31.7 Å². The lowest BCUT2D eigenvalue weighted by Gasteiger charge is -2.38. The second kappa shape index (κ2) is 13.4. The number of carbonyl (C=O) groups is 2. The molecule has 36 heavy (non-hydrogen) atoms. The summed E-state index contributed by atoms with van der Waals surface area (Å²) in [6.07, 6.45) is 1.90. The Morgan fingerprint density at radius 1 is 0.889 bits per heavy atom. The number of nitrogens with zero attached hydrogens (tertiary/aromatic N) is 5. The van der Waals surface area contributed by atoms with Crippen LogP contribution in [-0.2, 0) is 20.8 Å². The van der Waals surface area contributed by atoms with Crippen LogP contribution < -0.4 is 0 Å². The molecule has 3 heterocycles. The monoisotopic (exact) mass is 501 g/mol. The van der Waals surface area contributed by atoms with Gasteiger partial charge in [0.15, 0.2) is 6.23 Å². The van der Waals surface area contributed by atoms with Gasteiger partial charge in [0.25, 0.3) is 0 Å². The number of amides is 1. The Morgan fingerprint density at radius 2 is 1.50 bits per heavy atom. The molecule has 4 rings (SSSR count). The molecular formula is C27H43N5O4. The highest BCUT2D eigenvalue weighted by molar-refractivity contribution is 5.70. The highest BCUT2D eigenvalue weighted by atomic mass is 16.6. The highest BCUT2D eigenvalue weighted by Crippen LogP contribution is 2.24. The van der Waals surface area contributed by atoms with E-state index in [0.29, 0.717) is 6.42 Å². The highest BCUT2D eigenvalue weighted by Gasteiger charge is 2.42. The molecule has 9 heteroatoms. The van der Waals surface area contributed by atoms with E-state index >= 15 is 0 Å². The number of esters is 1. The van der Waals surface area contributed by atoms with Gasteiger partial charge in [-0.2, -0.15) is 0 Å². The largest absolute Gasteiger partial charge is 0.469 e. The number of methoxy groups -OCH3 is 1. The van der Waals surface area contributed by atoms with Gasteiger partial charge in [-0.25, -0.2) is 4.79 Å². The van der Waals surface area contributed by atoms with Crippen LogP contribution >= 0.6 is 0 Å². The number of rotatable bonds is 11. The fourth-order valence-electron chi connectivity index (χ4n) is 5.53. The van der Waals surface area contributed by atoms with Crippen molar-refractivity contribution < 1.29 is 19.1 Å². The maximum atomic E-state index is 12.6. The molecule has 3 aliphatic heterocycles. The van der Waals surface area contributed by atoms with Crippen LogP contribution in [0.15, 0.2) is 30.3 Å². The molecule has 3 aliphatic rings. The molecule has 200 valence electrons. The summed E-state index contributed by atoms with van der Waals surface area (Å²) in [5, 5.41) is 0. The van der Waals surface area contributed by atoms with Crippen molar-refractivity contribution in [2.45, 2.75) is 45.0 Å². The van der Waals surface area contributed by atoms with Crippen molar-refractivity contribution in [3.63, 3.8) is 0 Å². The molecule has 3 saturated heterocycles. The van der Waals surface area contributed by atoms with E-state index in [-0.39, 0.29) is 24.3 Å². The minimum Gasteiger partial charge on any atom is -0.469 e. The first-order chi connectivity index (χ1) is 17.5. The Labute approximate surface area is 215 Å². The van der Waals surface area contributed by atoms with E-state index < -0.39 is 0 Å². The van der Waals surface area contributed by atoms with Crippen LogP contribution in [0.25, 0.3) is 0 Å². The summed E-state index contributed by atoms with van der Waals surface area (Å²) in [4.78, 5) is 35.6. The number of cyclic esters (lactones) is 1. The van der Waals surface area contributed by atoms with Gasteiger partial charge >= 0.3 is 12.1 Å². The molecule has 1 aromatic rings. The Morgan fingerprint density at radius 3 is 2.17 bits per heavy atom. The van der Waals surface area contributed by atoms with E-state index in [2.05, 4.69) is 56.9 Å². The Hall–Kier alpha value is -2.20. The Balaban J connectivity index is 1.12. The molecule has 0 bridgehead atoms. The summed E-state index contributed by atoms with van der Waals surface area (Å²) in [5.74, 6) is -0.147. The van der Waals surface area contributed by atoms with Crippen LogP contribution in [0.2, 0.25) is 0 Å². The second-order valence-corrected chi connectivity index (χ2v) is 10.2. The number of hydrogen-bond acceptors (Lipinski definition) is 8. The SMILES string of the molecule is COC(=O)CCCN1CCN(C2OC(=O)N(CCCN3CCN(Cc4ccccc4)CC3)C2C)CC1. The van der Waals surface area contributed by atoms with E-state index in [9.17, 15) is 9.59 Å². The van der Waals surface area contributed by atoms with Gasteiger partial charge in [0.2, 0.25) is 0 Å². The summed E-state index contributed by atoms with van der Waals surface area (Å²) in [7, 11) is 1.43. The van der Waals surface area contributed by atoms with Crippen molar-refractivity contribution in [3.05, 3.63) is 35.9 Å². The lowest BCUT2D eigenvalue weighted by Crippen LogP contribution is -2.53. The van der Waals surface area contributed by atoms with E-state index in [0.717, 1.165) is 91.4 Å². The molecule has 3 fully saturated rings. The lowest BCUT2D eigenvalue weighted by molar-refractivity contribution is -0.140. The molecule has 1 aromatic carbocycles. The minimum atomic E-state index is -0.180. The van der Waals surface area contributed by atoms with E-state index in [1.807, 2.05) is 4.90 Å². The predicted octanol–water partition coefficient (Wildman–Crippen LogP) is 1.93. The van der Waals surface area contributed by atoms with Crippen molar-refractivity contribution in [2.24, 2.45) is 0 Å². The fourth-order valence-corrected chi connectivity index (χ4v) is 5.53. The molecule has 9 nitrogen and oxygen atoms in total. The summed E-state index contributed by atoms with van der Waals surface area (Å²) >= 11 is 0. The van der Waals surface area contributed by atoms with Crippen LogP contribution in [0.5, 0.6) is 0 Å². The fraction of sp³-hybridized carbons (Fsp3) is 0.704. The first-order valence-electron chi connectivity index (χ1n) is 13.5. The van der Waals surface area contributed by atoms with Crippen molar-refractivity contribution >= 4 is 12.1 Å². The quantitative estimate of drug-likeness (QED) is 0.426. The van der Waals surface area contributed by atoms with Gasteiger partial charge in [0.05, 0.1) is 13.2 Å². The van der Waals surface area contributed by atoms with Gasteiger partial charge in [-0.1, -0.05) is 30.3 Å². The van der Waals surface area contributed by atoms with Gasteiger partial charge in [-0.15, -0.1) is 0 Å². The van der Waals surface area contributed by atoms with Crippen LogP contribution in [0.4, 0.5) is 4.79 Å². The molecule has 0 N–H and O–H groups in total. The molecular weight excluding hydrogens is 458 g/mol. The van der Waals surface area contributed by atoms with Crippen molar-refractivity contribution in [1.29, 1.82) is 0 Å². The van der Waals surface area contributed by atoms with Gasteiger partial charge in [0.1, 0.15) is 0 Å². The van der Waals surface area contributed by atoms with Gasteiger partial charge in [0, 0.05) is 71.9 Å². The number of piperazine rings is 2. The maximum Gasteiger partial charge on any atom is 0.411 e. The average Bonchev–Trinajstić information content (AvgIpc) is 3.19. The molecule has 2 atom stereocenters. The topological polar surface area (TPSA) is 68.8 Å². The first-order valence-corrected chi connectivity index (χ1v) is 13.5. The molecule has 1 amide bonds. The van der Waals surface area contributed by atoms with Crippen molar-refractivity contribution in [3.8, 4) is 0 Å². The molecule has 0 saturated carbocycles. The Kier molecular flexibility index (Phi) is 9.98. The molecule has 0 radical (unpaired) electrons. The third-order valence-corrected chi connectivity index (χ3v) is 7.80. The zero-order chi connectivity index (χ0) is 25.3. The smallest absolute Gasteiger partial charge is 0.411 e. The number of hydrogen-bond donors (Lipinski definition) is 0. The third kappa shape index (κ3) is 7.41. The predicted molar refractivity (Wildman–Crippen MR) is 138 cm³/mol. The van der Waals surface area contributed by atoms with E-state index in [4.69, 9.17) is 9.47 Å². The minimum absolute atomic E-state index is 0.0612. The molecule has 0 aliphatic carbocycles. The molecule has 0 aromatic heterocycles. The van der Waals surface area contributed by atoms with Gasteiger partial charge < -0.3 is 24.2 Å². The summed E-state index contributed by atoms with van der Waals surface area (Å²) in [6.45, 7) is 13.8. The Bertz CT molecular complexity index is 825. The number of carbonyl (C=O) groups excluding carboxylic acids is 2. The van der Waals surface area contributed by atoms with Crippen molar-refractivity contribution in [2.75, 3.05) is 79.1 Å². The zero-order valence-electron chi connectivity index (χ0n) is 22.0. The normalized spacial score (nSPS) is 24.7. The van der Waals surface area contributed by atoms with Crippen LogP contribution in [0, 0.1) is 0 Å².